The Hall–Kier alpha value is -8.14. The van der Waals surface area contributed by atoms with Crippen LogP contribution in [0.3, 0.4) is 0 Å². The Morgan fingerprint density at radius 1 is 0.290 bits per heavy atom. The first-order valence-corrected chi connectivity index (χ1v) is 21.2. The molecule has 0 amide bonds. The highest BCUT2D eigenvalue weighted by Crippen LogP contribution is 2.61. The summed E-state index contributed by atoms with van der Waals surface area (Å²) in [5.74, 6) is 0.675. The van der Waals surface area contributed by atoms with Gasteiger partial charge in [-0.1, -0.05) is 182 Å². The molecule has 0 aliphatic heterocycles. The minimum absolute atomic E-state index is 0.602. The van der Waals surface area contributed by atoms with Crippen LogP contribution in [-0.2, 0) is 5.41 Å². The maximum absolute atomic E-state index is 6.25. The Labute approximate surface area is 359 Å². The van der Waals surface area contributed by atoms with Crippen LogP contribution >= 0.6 is 0 Å². The molecule has 0 bridgehead atoms. The maximum atomic E-state index is 6.25. The lowest BCUT2D eigenvalue weighted by Crippen LogP contribution is -2.29. The van der Waals surface area contributed by atoms with Gasteiger partial charge in [0.15, 0.2) is 5.82 Å². The molecule has 2 aromatic heterocycles. The van der Waals surface area contributed by atoms with E-state index < -0.39 is 5.41 Å². The Bertz CT molecular complexity index is 3510. The molecule has 3 nitrogen and oxygen atoms in total. The van der Waals surface area contributed by atoms with E-state index in [0.717, 1.165) is 55.6 Å². The van der Waals surface area contributed by atoms with Gasteiger partial charge in [0.25, 0.3) is 0 Å². The highest BCUT2D eigenvalue weighted by Gasteiger charge is 2.49. The Kier molecular flexibility index (Phi) is 7.52. The van der Waals surface area contributed by atoms with Crippen LogP contribution in [0.2, 0.25) is 0 Å². The van der Waals surface area contributed by atoms with E-state index in [-0.39, 0.29) is 0 Å². The van der Waals surface area contributed by atoms with Crippen LogP contribution in [0.5, 0.6) is 0 Å². The molecule has 13 rings (SSSR count). The van der Waals surface area contributed by atoms with Crippen molar-refractivity contribution in [2.75, 3.05) is 0 Å². The van der Waals surface area contributed by atoms with Crippen molar-refractivity contribution in [1.29, 1.82) is 0 Å². The third kappa shape index (κ3) is 5.06. The highest BCUT2D eigenvalue weighted by molar-refractivity contribution is 6.06. The molecule has 0 saturated carbocycles. The molecule has 0 saturated heterocycles. The molecule has 288 valence electrons. The largest absolute Gasteiger partial charge is 0.456 e. The van der Waals surface area contributed by atoms with E-state index in [9.17, 15) is 0 Å². The molecular formula is C59H36N2O. The van der Waals surface area contributed by atoms with Gasteiger partial charge < -0.3 is 4.42 Å². The van der Waals surface area contributed by atoms with Crippen molar-refractivity contribution >= 4 is 21.9 Å². The second kappa shape index (κ2) is 13.4. The monoisotopic (exact) mass is 788 g/mol. The molecule has 0 unspecified atom stereocenters. The summed E-state index contributed by atoms with van der Waals surface area (Å²) in [5, 5.41) is 2.15. The molecule has 2 aliphatic carbocycles. The van der Waals surface area contributed by atoms with Crippen molar-refractivity contribution in [3.63, 3.8) is 0 Å². The predicted molar refractivity (Wildman–Crippen MR) is 253 cm³/mol. The van der Waals surface area contributed by atoms with Gasteiger partial charge in [-0.25, -0.2) is 9.97 Å². The average molecular weight is 789 g/mol. The summed E-state index contributed by atoms with van der Waals surface area (Å²) in [6, 6.07) is 78.8. The molecular weight excluding hydrogens is 753 g/mol. The summed E-state index contributed by atoms with van der Waals surface area (Å²) in [5.41, 5.74) is 20.7. The third-order valence-electron chi connectivity index (χ3n) is 13.2. The van der Waals surface area contributed by atoms with Crippen molar-refractivity contribution in [1.82, 2.24) is 9.97 Å². The van der Waals surface area contributed by atoms with Gasteiger partial charge in [-0.3, -0.25) is 0 Å². The van der Waals surface area contributed by atoms with Crippen molar-refractivity contribution in [2.45, 2.75) is 5.41 Å². The van der Waals surface area contributed by atoms with Crippen molar-refractivity contribution in [3.8, 4) is 78.4 Å². The summed E-state index contributed by atoms with van der Waals surface area (Å²) in [4.78, 5) is 10.9. The number of benzene rings is 9. The predicted octanol–water partition coefficient (Wildman–Crippen LogP) is 15.1. The zero-order valence-electron chi connectivity index (χ0n) is 33.6. The van der Waals surface area contributed by atoms with Gasteiger partial charge in [0, 0.05) is 27.5 Å². The van der Waals surface area contributed by atoms with Gasteiger partial charge in [-0.15, -0.1) is 0 Å². The molecule has 0 radical (unpaired) electrons. The SMILES string of the molecule is c1ccc(-c2ccc(-c3cc(-c4ccc5oc6ccccc6c5c4)nc(-c4ccc5c(c4)C4(c6ccccc6-c6ccccc6-c6ccccc64)c4ccccc4-5)n3)cc2)cc1. The second-order valence-corrected chi connectivity index (χ2v) is 16.4. The smallest absolute Gasteiger partial charge is 0.160 e. The van der Waals surface area contributed by atoms with Crippen LogP contribution in [0.4, 0.5) is 0 Å². The lowest BCUT2D eigenvalue weighted by atomic mass is 9.66. The van der Waals surface area contributed by atoms with Gasteiger partial charge in [-0.2, -0.15) is 0 Å². The van der Waals surface area contributed by atoms with Gasteiger partial charge >= 0.3 is 0 Å². The Balaban J connectivity index is 1.06. The number of hydrogen-bond donors (Lipinski definition) is 0. The highest BCUT2D eigenvalue weighted by atomic mass is 16.3. The Morgan fingerprint density at radius 3 is 1.44 bits per heavy atom. The van der Waals surface area contributed by atoms with E-state index >= 15 is 0 Å². The first kappa shape index (κ1) is 34.7. The molecule has 0 fully saturated rings. The van der Waals surface area contributed by atoms with Gasteiger partial charge in [0.1, 0.15) is 11.2 Å². The zero-order valence-corrected chi connectivity index (χ0v) is 33.6. The lowest BCUT2D eigenvalue weighted by molar-refractivity contribution is 0.669. The van der Waals surface area contributed by atoms with Gasteiger partial charge in [0.05, 0.1) is 16.8 Å². The number of fused-ring (bicyclic) bond motifs is 15. The van der Waals surface area contributed by atoms with Crippen molar-refractivity contribution in [3.05, 3.63) is 241 Å². The summed E-state index contributed by atoms with van der Waals surface area (Å²) < 4.78 is 6.25. The average Bonchev–Trinajstić information content (AvgIpc) is 3.84. The molecule has 0 atom stereocenters. The molecule has 3 heteroatoms. The number of aromatic nitrogens is 2. The molecule has 2 aliphatic rings. The van der Waals surface area contributed by atoms with E-state index in [1.165, 1.54) is 61.2 Å². The normalized spacial score (nSPS) is 13.0. The van der Waals surface area contributed by atoms with Crippen molar-refractivity contribution in [2.24, 2.45) is 0 Å². The van der Waals surface area contributed by atoms with Crippen LogP contribution in [-0.4, -0.2) is 9.97 Å². The molecule has 11 aromatic rings. The van der Waals surface area contributed by atoms with Crippen LogP contribution < -0.4 is 0 Å². The van der Waals surface area contributed by atoms with Crippen molar-refractivity contribution < 1.29 is 4.42 Å². The number of para-hydroxylation sites is 1. The van der Waals surface area contributed by atoms with Crippen LogP contribution in [0.25, 0.3) is 100 Å². The lowest BCUT2D eigenvalue weighted by Gasteiger charge is -2.35. The van der Waals surface area contributed by atoms with E-state index in [2.05, 4.69) is 206 Å². The maximum Gasteiger partial charge on any atom is 0.160 e. The topological polar surface area (TPSA) is 38.9 Å². The number of rotatable bonds is 4. The summed E-state index contributed by atoms with van der Waals surface area (Å²) >= 11 is 0. The van der Waals surface area contributed by atoms with Crippen LogP contribution in [0, 0.1) is 0 Å². The number of nitrogens with zero attached hydrogens (tertiary/aromatic N) is 2. The molecule has 62 heavy (non-hydrogen) atoms. The van der Waals surface area contributed by atoms with E-state index in [4.69, 9.17) is 14.4 Å². The van der Waals surface area contributed by atoms with Gasteiger partial charge in [-0.05, 0) is 103 Å². The fraction of sp³-hybridized carbons (Fsp3) is 0.0169. The van der Waals surface area contributed by atoms with Crippen LogP contribution in [0.1, 0.15) is 22.3 Å². The number of hydrogen-bond acceptors (Lipinski definition) is 3. The van der Waals surface area contributed by atoms with Gasteiger partial charge in [0.2, 0.25) is 0 Å². The Morgan fingerprint density at radius 2 is 0.758 bits per heavy atom. The fourth-order valence-electron chi connectivity index (χ4n) is 10.4. The summed E-state index contributed by atoms with van der Waals surface area (Å²) in [7, 11) is 0. The van der Waals surface area contributed by atoms with E-state index in [1.54, 1.807) is 0 Å². The summed E-state index contributed by atoms with van der Waals surface area (Å²) in [6.07, 6.45) is 0. The standard InChI is InChI=1S/C59H36N2O/c1-2-14-37(15-3-1)38-26-28-39(29-27-38)54-36-55(40-31-33-57-49(34-40)48-21-9-13-25-56(48)62-57)61-58(60-54)41-30-32-47-46-20-8-12-24-52(46)59(53(47)35-41)50-22-10-6-18-44(50)42-16-4-5-17-43(42)45-19-7-11-23-51(45)59/h1-36H. The quantitative estimate of drug-likeness (QED) is 0.178. The molecule has 0 N–H and O–H groups in total. The van der Waals surface area contributed by atoms with E-state index in [0.29, 0.717) is 5.82 Å². The third-order valence-corrected chi connectivity index (χ3v) is 13.2. The summed E-state index contributed by atoms with van der Waals surface area (Å²) in [6.45, 7) is 0. The van der Waals surface area contributed by atoms with Crippen LogP contribution in [0.15, 0.2) is 223 Å². The minimum Gasteiger partial charge on any atom is -0.456 e. The minimum atomic E-state index is -0.602. The number of furan rings is 1. The molecule has 2 heterocycles. The molecule has 9 aromatic carbocycles. The first-order valence-electron chi connectivity index (χ1n) is 21.2. The molecule has 1 spiro atoms. The fourth-order valence-corrected chi connectivity index (χ4v) is 10.4. The first-order chi connectivity index (χ1) is 30.7. The zero-order chi connectivity index (χ0) is 40.8. The second-order valence-electron chi connectivity index (χ2n) is 16.4. The van der Waals surface area contributed by atoms with E-state index in [1.807, 2.05) is 12.1 Å².